The summed E-state index contributed by atoms with van der Waals surface area (Å²) in [6.07, 6.45) is 16.9. The summed E-state index contributed by atoms with van der Waals surface area (Å²) in [4.78, 5) is 0. The van der Waals surface area contributed by atoms with Gasteiger partial charge in [0, 0.05) is 6.42 Å². The van der Waals surface area contributed by atoms with Gasteiger partial charge in [-0.2, -0.15) is 5.26 Å². The minimum atomic E-state index is -1.82. The first-order valence-corrected chi connectivity index (χ1v) is 19.9. The number of rotatable bonds is 3. The Hall–Kier alpha value is -0.593. The highest BCUT2D eigenvalue weighted by atomic mass is 28.4. The Morgan fingerprint density at radius 2 is 1.55 bits per heavy atom. The van der Waals surface area contributed by atoms with E-state index in [2.05, 4.69) is 94.5 Å². The molecule has 2 nitrogen and oxygen atoms in total. The molecule has 0 saturated heterocycles. The quantitative estimate of drug-likeness (QED) is 0.252. The lowest BCUT2D eigenvalue weighted by molar-refractivity contribution is -0.200. The highest BCUT2D eigenvalue weighted by molar-refractivity contribution is 6.74. The van der Waals surface area contributed by atoms with Crippen molar-refractivity contribution in [1.82, 2.24) is 0 Å². The van der Waals surface area contributed by atoms with Gasteiger partial charge < -0.3 is 4.43 Å². The van der Waals surface area contributed by atoms with E-state index in [4.69, 9.17) is 4.43 Å². The molecule has 0 aromatic heterocycles. The van der Waals surface area contributed by atoms with E-state index in [1.165, 1.54) is 64.2 Å². The van der Waals surface area contributed by atoms with Gasteiger partial charge in [-0.05, 0) is 133 Å². The van der Waals surface area contributed by atoms with Gasteiger partial charge in [0.1, 0.15) is 0 Å². The fourth-order valence-corrected chi connectivity index (χ4v) is 13.0. The van der Waals surface area contributed by atoms with Gasteiger partial charge in [0.15, 0.2) is 8.32 Å². The first-order valence-electron chi connectivity index (χ1n) is 16.9. The van der Waals surface area contributed by atoms with Gasteiger partial charge in [-0.3, -0.25) is 0 Å². The molecular formula is C37H63NOSi. The van der Waals surface area contributed by atoms with E-state index < -0.39 is 8.32 Å². The zero-order valence-corrected chi connectivity index (χ0v) is 29.5. The lowest BCUT2D eigenvalue weighted by Crippen LogP contribution is -2.65. The van der Waals surface area contributed by atoms with Crippen molar-refractivity contribution >= 4 is 8.32 Å². The predicted molar refractivity (Wildman–Crippen MR) is 171 cm³/mol. The van der Waals surface area contributed by atoms with E-state index in [-0.39, 0.29) is 21.3 Å². The van der Waals surface area contributed by atoms with Crippen LogP contribution in [0.15, 0.2) is 11.6 Å². The molecule has 0 radical (unpaired) electrons. The number of allylic oxidation sites excluding steroid dienone is 2. The van der Waals surface area contributed by atoms with Crippen molar-refractivity contribution in [2.45, 2.75) is 164 Å². The Morgan fingerprint density at radius 1 is 0.900 bits per heavy atom. The summed E-state index contributed by atoms with van der Waals surface area (Å²) in [5.74, 6) is 2.13. The van der Waals surface area contributed by atoms with Gasteiger partial charge in [0.05, 0.1) is 12.2 Å². The van der Waals surface area contributed by atoms with Gasteiger partial charge in [-0.25, -0.2) is 0 Å². The van der Waals surface area contributed by atoms with Crippen LogP contribution in [0.2, 0.25) is 18.1 Å². The average Bonchev–Trinajstić information content (AvgIpc) is 2.82. The Morgan fingerprint density at radius 3 is 2.17 bits per heavy atom. The minimum Gasteiger partial charge on any atom is -0.413 e. The average molecular weight is 566 g/mol. The van der Waals surface area contributed by atoms with Crippen molar-refractivity contribution in [3.05, 3.63) is 11.6 Å². The standard InChI is InChI=1S/C37H63NOSi/c1-31(2,3)40(11,12)39-30-16-17-35(8)28(32(30,4)5)15-18-37(10)29(35)14-13-26-27-25-33(6,23-24-38)19-20-34(27,7)21-22-36(26,37)9/h13,27-30H,14-23,25H2,1-12H3/t27-,28-,29?,30-,33+,34+,35-,36+,37+/m0/s1. The maximum Gasteiger partial charge on any atom is 0.192 e. The summed E-state index contributed by atoms with van der Waals surface area (Å²) in [7, 11) is -1.82. The molecule has 4 fully saturated rings. The summed E-state index contributed by atoms with van der Waals surface area (Å²) in [5.41, 5.74) is 3.66. The Labute approximate surface area is 249 Å². The molecule has 0 amide bonds. The molecule has 0 aromatic rings. The molecule has 5 rings (SSSR count). The van der Waals surface area contributed by atoms with Crippen LogP contribution >= 0.6 is 0 Å². The van der Waals surface area contributed by atoms with Crippen LogP contribution in [0.3, 0.4) is 0 Å². The molecule has 0 bridgehead atoms. The van der Waals surface area contributed by atoms with Gasteiger partial charge in [-0.1, -0.05) is 80.9 Å². The SMILES string of the molecule is CC1(C)[C@@H](O[Si](C)(C)C(C)(C)C)CC[C@]2(C)C3CC=C4[C@@H]5C[C@@](C)(CC#N)CC[C@]5(C)CC[C@@]4(C)[C@]3(C)CC[C@@H]12. The fraction of sp³-hybridized carbons (Fsp3) is 0.919. The lowest BCUT2D eigenvalue weighted by Gasteiger charge is -2.71. The van der Waals surface area contributed by atoms with Crippen molar-refractivity contribution < 1.29 is 4.43 Å². The largest absolute Gasteiger partial charge is 0.413 e. The molecule has 0 heterocycles. The van der Waals surface area contributed by atoms with Gasteiger partial charge in [-0.15, -0.1) is 0 Å². The molecule has 4 saturated carbocycles. The smallest absolute Gasteiger partial charge is 0.192 e. The van der Waals surface area contributed by atoms with E-state index >= 15 is 0 Å². The second-order valence-corrected chi connectivity index (χ2v) is 23.8. The van der Waals surface area contributed by atoms with Crippen molar-refractivity contribution in [3.8, 4) is 6.07 Å². The first-order chi connectivity index (χ1) is 18.2. The van der Waals surface area contributed by atoms with Crippen LogP contribution in [0.5, 0.6) is 0 Å². The van der Waals surface area contributed by atoms with Crippen LogP contribution in [-0.2, 0) is 4.43 Å². The molecule has 3 heteroatoms. The summed E-state index contributed by atoms with van der Waals surface area (Å²) in [5, 5.41) is 9.91. The predicted octanol–water partition coefficient (Wildman–Crippen LogP) is 11.1. The monoisotopic (exact) mass is 565 g/mol. The summed E-state index contributed by atoms with van der Waals surface area (Å²) < 4.78 is 7.23. The van der Waals surface area contributed by atoms with Gasteiger partial charge in [0.25, 0.3) is 0 Å². The molecule has 226 valence electrons. The minimum absolute atomic E-state index is 0.186. The third-order valence-corrected chi connectivity index (χ3v) is 20.1. The summed E-state index contributed by atoms with van der Waals surface area (Å²) in [6, 6.07) is 2.56. The third kappa shape index (κ3) is 4.22. The van der Waals surface area contributed by atoms with Gasteiger partial charge in [0.2, 0.25) is 0 Å². The molecule has 0 spiro atoms. The Bertz CT molecular complexity index is 1090. The Kier molecular flexibility index (Phi) is 7.10. The molecule has 5 aliphatic rings. The van der Waals surface area contributed by atoms with Crippen molar-refractivity contribution in [2.24, 2.45) is 50.2 Å². The molecular weight excluding hydrogens is 502 g/mol. The van der Waals surface area contributed by atoms with Crippen LogP contribution in [0.25, 0.3) is 0 Å². The van der Waals surface area contributed by atoms with E-state index in [1.54, 1.807) is 0 Å². The second-order valence-electron chi connectivity index (χ2n) is 19.1. The highest BCUT2D eigenvalue weighted by Gasteiger charge is 2.68. The normalized spacial score (nSPS) is 48.5. The topological polar surface area (TPSA) is 33.0 Å². The molecule has 0 aromatic carbocycles. The number of fused-ring (bicyclic) bond motifs is 7. The molecule has 9 atom stereocenters. The van der Waals surface area contributed by atoms with Crippen molar-refractivity contribution in [3.63, 3.8) is 0 Å². The molecule has 0 N–H and O–H groups in total. The van der Waals surface area contributed by atoms with Crippen LogP contribution in [0.1, 0.15) is 140 Å². The van der Waals surface area contributed by atoms with Crippen LogP contribution in [-0.4, -0.2) is 14.4 Å². The van der Waals surface area contributed by atoms with Crippen LogP contribution in [0, 0.1) is 61.6 Å². The Balaban J connectivity index is 1.48. The zero-order chi connectivity index (χ0) is 29.8. The molecule has 40 heavy (non-hydrogen) atoms. The molecule has 5 aliphatic carbocycles. The first kappa shape index (κ1) is 30.9. The molecule has 0 aliphatic heterocycles. The maximum atomic E-state index is 9.65. The van der Waals surface area contributed by atoms with E-state index in [9.17, 15) is 5.26 Å². The fourth-order valence-electron chi connectivity index (χ4n) is 11.5. The number of nitriles is 1. The van der Waals surface area contributed by atoms with Crippen LogP contribution < -0.4 is 0 Å². The third-order valence-electron chi connectivity index (χ3n) is 15.6. The number of hydrogen-bond acceptors (Lipinski definition) is 2. The second kappa shape index (κ2) is 9.21. The number of nitrogens with zero attached hydrogens (tertiary/aromatic N) is 1. The highest BCUT2D eigenvalue weighted by Crippen LogP contribution is 2.76. The van der Waals surface area contributed by atoms with Gasteiger partial charge >= 0.3 is 0 Å². The summed E-state index contributed by atoms with van der Waals surface area (Å²) in [6.45, 7) is 30.4. The van der Waals surface area contributed by atoms with Crippen molar-refractivity contribution in [1.29, 1.82) is 5.26 Å². The number of hydrogen-bond donors (Lipinski definition) is 0. The maximum absolute atomic E-state index is 9.65. The van der Waals surface area contributed by atoms with E-state index in [0.29, 0.717) is 28.3 Å². The van der Waals surface area contributed by atoms with Crippen LogP contribution in [0.4, 0.5) is 0 Å². The summed E-state index contributed by atoms with van der Waals surface area (Å²) >= 11 is 0. The van der Waals surface area contributed by atoms with E-state index in [1.807, 2.05) is 5.57 Å². The van der Waals surface area contributed by atoms with Crippen molar-refractivity contribution in [2.75, 3.05) is 0 Å². The molecule has 1 unspecified atom stereocenters. The van der Waals surface area contributed by atoms with E-state index in [0.717, 1.165) is 18.3 Å². The lowest BCUT2D eigenvalue weighted by atomic mass is 9.33. The zero-order valence-electron chi connectivity index (χ0n) is 28.5.